The van der Waals surface area contributed by atoms with Crippen molar-refractivity contribution in [1.82, 2.24) is 0 Å². The minimum Gasteiger partial charge on any atom is -0.378 e. The average molecular weight is 246 g/mol. The maximum Gasteiger partial charge on any atom is 0.260 e. The van der Waals surface area contributed by atoms with Crippen LogP contribution >= 0.6 is 0 Å². The van der Waals surface area contributed by atoms with E-state index in [0.29, 0.717) is 6.04 Å². The average Bonchev–Trinajstić information content (AvgIpc) is 3.18. The van der Waals surface area contributed by atoms with Crippen molar-refractivity contribution >= 4 is 17.3 Å². The zero-order chi connectivity index (χ0) is 12.9. The van der Waals surface area contributed by atoms with Crippen LogP contribution in [0.5, 0.6) is 0 Å². The van der Waals surface area contributed by atoms with Crippen molar-refractivity contribution in [1.29, 1.82) is 0 Å². The Balaban J connectivity index is 1.99. The molecule has 1 aliphatic carbocycles. The molecule has 18 heavy (non-hydrogen) atoms. The van der Waals surface area contributed by atoms with E-state index in [1.54, 1.807) is 11.9 Å². The van der Waals surface area contributed by atoms with Crippen LogP contribution in [-0.2, 0) is 4.79 Å². The molecule has 0 radical (unpaired) electrons. The summed E-state index contributed by atoms with van der Waals surface area (Å²) in [5.41, 5.74) is 2.70. The fraction of sp³-hybridized carbons (Fsp3) is 0.500. The predicted molar refractivity (Wildman–Crippen MR) is 70.9 cm³/mol. The number of carbonyl (C=O) groups excluding carboxylic acids is 1. The van der Waals surface area contributed by atoms with Gasteiger partial charge >= 0.3 is 0 Å². The smallest absolute Gasteiger partial charge is 0.260 e. The highest BCUT2D eigenvalue weighted by molar-refractivity contribution is 6.03. The van der Waals surface area contributed by atoms with Crippen molar-refractivity contribution in [2.24, 2.45) is 0 Å². The van der Waals surface area contributed by atoms with E-state index in [4.69, 9.17) is 0 Å². The van der Waals surface area contributed by atoms with Crippen LogP contribution in [0.1, 0.15) is 31.4 Å². The highest BCUT2D eigenvalue weighted by atomic mass is 16.3. The van der Waals surface area contributed by atoms with Gasteiger partial charge in [0.25, 0.3) is 5.91 Å². The topological polar surface area (TPSA) is 43.8 Å². The summed E-state index contributed by atoms with van der Waals surface area (Å²) in [5, 5.41) is 9.82. The van der Waals surface area contributed by atoms with Crippen LogP contribution in [0.25, 0.3) is 0 Å². The van der Waals surface area contributed by atoms with E-state index in [1.807, 2.05) is 18.2 Å². The first-order valence-electron chi connectivity index (χ1n) is 6.49. The van der Waals surface area contributed by atoms with Crippen LogP contribution in [0.2, 0.25) is 0 Å². The molecule has 0 bridgehead atoms. The third kappa shape index (κ3) is 1.60. The lowest BCUT2D eigenvalue weighted by Gasteiger charge is -2.24. The van der Waals surface area contributed by atoms with Gasteiger partial charge < -0.3 is 14.9 Å². The Morgan fingerprint density at radius 3 is 2.78 bits per heavy atom. The summed E-state index contributed by atoms with van der Waals surface area (Å²) in [5.74, 6) is -0.239. The molecule has 1 saturated carbocycles. The monoisotopic (exact) mass is 246 g/mol. The van der Waals surface area contributed by atoms with Gasteiger partial charge in [-0.25, -0.2) is 0 Å². The zero-order valence-electron chi connectivity index (χ0n) is 10.8. The molecule has 1 aromatic rings. The molecule has 1 aliphatic heterocycles. The van der Waals surface area contributed by atoms with Gasteiger partial charge in [0.05, 0.1) is 5.69 Å². The standard InChI is InChI=1S/C14H18N2O2/c1-3-16(9-4-5-9)10-6-7-11-12(8-10)15(2)14(18)13(11)17/h6-9,13,17H,3-5H2,1-2H3. The summed E-state index contributed by atoms with van der Waals surface area (Å²) in [4.78, 5) is 15.6. The molecule has 96 valence electrons. The first-order valence-corrected chi connectivity index (χ1v) is 6.49. The van der Waals surface area contributed by atoms with Gasteiger partial charge in [-0.15, -0.1) is 0 Å². The quantitative estimate of drug-likeness (QED) is 0.882. The molecular weight excluding hydrogens is 228 g/mol. The molecule has 0 aromatic heterocycles. The van der Waals surface area contributed by atoms with E-state index in [0.717, 1.165) is 23.5 Å². The van der Waals surface area contributed by atoms with E-state index in [-0.39, 0.29) is 5.91 Å². The molecule has 0 saturated heterocycles. The van der Waals surface area contributed by atoms with E-state index in [2.05, 4.69) is 11.8 Å². The molecule has 1 N–H and O–H groups in total. The minimum absolute atomic E-state index is 0.239. The van der Waals surface area contributed by atoms with Gasteiger partial charge in [-0.3, -0.25) is 4.79 Å². The van der Waals surface area contributed by atoms with Crippen LogP contribution < -0.4 is 9.80 Å². The number of nitrogens with zero attached hydrogens (tertiary/aromatic N) is 2. The van der Waals surface area contributed by atoms with Crippen LogP contribution in [0.3, 0.4) is 0 Å². The summed E-state index contributed by atoms with van der Waals surface area (Å²) >= 11 is 0. The maximum atomic E-state index is 11.7. The molecule has 1 aromatic carbocycles. The number of amides is 1. The summed E-state index contributed by atoms with van der Waals surface area (Å²) in [6.45, 7) is 3.12. The van der Waals surface area contributed by atoms with Gasteiger partial charge in [0.2, 0.25) is 0 Å². The summed E-state index contributed by atoms with van der Waals surface area (Å²) in [6, 6.07) is 6.56. The maximum absolute atomic E-state index is 11.7. The normalized spacial score (nSPS) is 22.3. The van der Waals surface area contributed by atoms with Gasteiger partial charge in [-0.2, -0.15) is 0 Å². The zero-order valence-corrected chi connectivity index (χ0v) is 10.8. The van der Waals surface area contributed by atoms with E-state index < -0.39 is 6.10 Å². The van der Waals surface area contributed by atoms with Crippen LogP contribution in [0.15, 0.2) is 18.2 Å². The number of rotatable bonds is 3. The van der Waals surface area contributed by atoms with Crippen molar-refractivity contribution in [3.63, 3.8) is 0 Å². The van der Waals surface area contributed by atoms with Gasteiger partial charge in [0, 0.05) is 30.9 Å². The van der Waals surface area contributed by atoms with Crippen molar-refractivity contribution in [2.75, 3.05) is 23.4 Å². The van der Waals surface area contributed by atoms with Gasteiger partial charge in [-0.1, -0.05) is 6.07 Å². The molecule has 1 unspecified atom stereocenters. The fourth-order valence-corrected chi connectivity index (χ4v) is 2.71. The SMILES string of the molecule is CCN(c1ccc2c(c1)N(C)C(=O)C2O)C1CC1. The number of carbonyl (C=O) groups is 1. The third-order valence-corrected chi connectivity index (χ3v) is 3.89. The van der Waals surface area contributed by atoms with Gasteiger partial charge in [-0.05, 0) is 31.9 Å². The number of hydrogen-bond acceptors (Lipinski definition) is 3. The Bertz CT molecular complexity index is 497. The lowest BCUT2D eigenvalue weighted by atomic mass is 10.1. The number of fused-ring (bicyclic) bond motifs is 1. The molecule has 1 heterocycles. The molecule has 0 spiro atoms. The Labute approximate surface area is 107 Å². The highest BCUT2D eigenvalue weighted by Crippen LogP contribution is 2.39. The van der Waals surface area contributed by atoms with Crippen molar-refractivity contribution in [2.45, 2.75) is 31.9 Å². The molecule has 4 nitrogen and oxygen atoms in total. The first kappa shape index (κ1) is 11.5. The number of aliphatic hydroxyl groups excluding tert-OH is 1. The minimum atomic E-state index is -0.991. The number of benzene rings is 1. The molecule has 1 amide bonds. The second-order valence-electron chi connectivity index (χ2n) is 5.06. The van der Waals surface area contributed by atoms with E-state index in [9.17, 15) is 9.90 Å². The van der Waals surface area contributed by atoms with E-state index in [1.165, 1.54) is 12.8 Å². The number of likely N-dealkylation sites (N-methyl/N-ethyl adjacent to an activating group) is 1. The Kier molecular flexibility index (Phi) is 2.55. The molecule has 2 aliphatic rings. The molecule has 4 heteroatoms. The largest absolute Gasteiger partial charge is 0.378 e. The summed E-state index contributed by atoms with van der Waals surface area (Å²) in [7, 11) is 1.72. The van der Waals surface area contributed by atoms with Gasteiger partial charge in [0.15, 0.2) is 6.10 Å². The molecular formula is C14H18N2O2. The number of aliphatic hydroxyl groups is 1. The van der Waals surface area contributed by atoms with Crippen molar-refractivity contribution in [3.05, 3.63) is 23.8 Å². The fourth-order valence-electron chi connectivity index (χ4n) is 2.71. The molecule has 1 fully saturated rings. The second kappa shape index (κ2) is 3.99. The van der Waals surface area contributed by atoms with Gasteiger partial charge in [0.1, 0.15) is 0 Å². The van der Waals surface area contributed by atoms with Crippen molar-refractivity contribution < 1.29 is 9.90 Å². The number of hydrogen-bond donors (Lipinski definition) is 1. The predicted octanol–water partition coefficient (Wildman–Crippen LogP) is 1.69. The van der Waals surface area contributed by atoms with E-state index >= 15 is 0 Å². The summed E-state index contributed by atoms with van der Waals surface area (Å²) in [6.07, 6.45) is 1.51. The summed E-state index contributed by atoms with van der Waals surface area (Å²) < 4.78 is 0. The third-order valence-electron chi connectivity index (χ3n) is 3.89. The van der Waals surface area contributed by atoms with Crippen LogP contribution in [0.4, 0.5) is 11.4 Å². The lowest BCUT2D eigenvalue weighted by Crippen LogP contribution is -2.25. The van der Waals surface area contributed by atoms with Crippen LogP contribution in [-0.4, -0.2) is 30.6 Å². The second-order valence-corrected chi connectivity index (χ2v) is 5.06. The van der Waals surface area contributed by atoms with Crippen molar-refractivity contribution in [3.8, 4) is 0 Å². The molecule has 1 atom stereocenters. The lowest BCUT2D eigenvalue weighted by molar-refractivity contribution is -0.125. The molecule has 3 rings (SSSR count). The first-order chi connectivity index (χ1) is 8.63. The van der Waals surface area contributed by atoms with Crippen LogP contribution in [0, 0.1) is 0 Å². The Morgan fingerprint density at radius 1 is 1.44 bits per heavy atom. The highest BCUT2D eigenvalue weighted by Gasteiger charge is 2.35. The Hall–Kier alpha value is -1.55. The number of anilines is 2. The Morgan fingerprint density at radius 2 is 2.17 bits per heavy atom.